The van der Waals surface area contributed by atoms with Crippen molar-refractivity contribution in [1.29, 1.82) is 0 Å². The zero-order valence-electron chi connectivity index (χ0n) is 16.3. The molecule has 0 fully saturated rings. The molecule has 3 aromatic heterocycles. The van der Waals surface area contributed by atoms with E-state index in [9.17, 15) is 9.59 Å². The molecule has 30 heavy (non-hydrogen) atoms. The Kier molecular flexibility index (Phi) is 5.23. The Morgan fingerprint density at radius 1 is 1.13 bits per heavy atom. The molecule has 0 spiro atoms. The summed E-state index contributed by atoms with van der Waals surface area (Å²) in [6.45, 7) is 0. The first-order valence-corrected chi connectivity index (χ1v) is 9.73. The van der Waals surface area contributed by atoms with Crippen LogP contribution in [-0.4, -0.2) is 55.0 Å². The number of anilines is 1. The molecule has 0 aliphatic heterocycles. The van der Waals surface area contributed by atoms with Crippen LogP contribution in [0.25, 0.3) is 16.7 Å². The minimum atomic E-state index is -0.346. The average molecular weight is 427 g/mol. The van der Waals surface area contributed by atoms with Gasteiger partial charge in [-0.05, 0) is 12.1 Å². The number of nitrogens with one attached hydrogen (secondary N) is 1. The van der Waals surface area contributed by atoms with E-state index in [2.05, 4.69) is 25.5 Å². The van der Waals surface area contributed by atoms with E-state index in [-0.39, 0.29) is 34.9 Å². The van der Waals surface area contributed by atoms with E-state index in [0.717, 1.165) is 0 Å². The number of hydrogen-bond acceptors (Lipinski definition) is 9. The second-order valence-corrected chi connectivity index (χ2v) is 7.05. The highest BCUT2D eigenvalue weighted by Gasteiger charge is 2.16. The summed E-state index contributed by atoms with van der Waals surface area (Å²) >= 11 is 1.18. The van der Waals surface area contributed by atoms with E-state index in [0.29, 0.717) is 21.8 Å². The number of rotatable bonds is 6. The van der Waals surface area contributed by atoms with Crippen molar-refractivity contribution in [3.63, 3.8) is 0 Å². The number of benzene rings is 1. The Morgan fingerprint density at radius 3 is 2.53 bits per heavy atom. The van der Waals surface area contributed by atoms with Crippen molar-refractivity contribution in [3.05, 3.63) is 40.7 Å². The number of fused-ring (bicyclic) bond motifs is 3. The molecular formula is C18H17N7O4S. The molecule has 0 aliphatic carbocycles. The molecule has 4 aromatic rings. The predicted octanol–water partition coefficient (Wildman–Crippen LogP) is 1.12. The highest BCUT2D eigenvalue weighted by Crippen LogP contribution is 2.22. The molecule has 0 saturated heterocycles. The molecule has 154 valence electrons. The van der Waals surface area contributed by atoms with Crippen LogP contribution in [0.5, 0.6) is 11.8 Å². The van der Waals surface area contributed by atoms with Gasteiger partial charge in [0.15, 0.2) is 5.16 Å². The summed E-state index contributed by atoms with van der Waals surface area (Å²) in [4.78, 5) is 33.1. The highest BCUT2D eigenvalue weighted by molar-refractivity contribution is 7.99. The molecule has 0 unspecified atom stereocenters. The highest BCUT2D eigenvalue weighted by atomic mass is 32.2. The third kappa shape index (κ3) is 3.52. The predicted molar refractivity (Wildman–Crippen MR) is 110 cm³/mol. The summed E-state index contributed by atoms with van der Waals surface area (Å²) in [5.74, 6) is 0.668. The molecule has 0 radical (unpaired) electrons. The fourth-order valence-corrected chi connectivity index (χ4v) is 3.60. The molecule has 0 aliphatic rings. The summed E-state index contributed by atoms with van der Waals surface area (Å²) in [6.07, 6.45) is 0. The van der Waals surface area contributed by atoms with Gasteiger partial charge in [-0.15, -0.1) is 10.2 Å². The fraction of sp³-hybridized carbons (Fsp3) is 0.222. The topological polar surface area (TPSA) is 126 Å². The van der Waals surface area contributed by atoms with Crippen LogP contribution >= 0.6 is 11.8 Å². The number of hydrogen-bond donors (Lipinski definition) is 1. The van der Waals surface area contributed by atoms with Crippen LogP contribution in [0.1, 0.15) is 0 Å². The van der Waals surface area contributed by atoms with Crippen LogP contribution in [0.2, 0.25) is 0 Å². The van der Waals surface area contributed by atoms with Crippen LogP contribution in [0.3, 0.4) is 0 Å². The van der Waals surface area contributed by atoms with Gasteiger partial charge in [-0.1, -0.05) is 23.9 Å². The standard InChI is InChI=1S/C18H17N7O4S/c1-24-15(27)10-6-4-5-7-11(10)25-17(24)22-23-18(25)30-9-12(26)19-16-20-13(28-2)8-14(21-16)29-3/h4-8H,9H2,1-3H3,(H,19,20,21,26). The smallest absolute Gasteiger partial charge is 0.262 e. The summed E-state index contributed by atoms with van der Waals surface area (Å²) in [5, 5.41) is 11.9. The zero-order chi connectivity index (χ0) is 21.3. The van der Waals surface area contributed by atoms with Crippen LogP contribution in [0, 0.1) is 0 Å². The molecule has 1 N–H and O–H groups in total. The van der Waals surface area contributed by atoms with E-state index < -0.39 is 0 Å². The molecular weight excluding hydrogens is 410 g/mol. The lowest BCUT2D eigenvalue weighted by atomic mass is 10.2. The van der Waals surface area contributed by atoms with E-state index in [1.54, 1.807) is 23.6 Å². The number of ether oxygens (including phenoxy) is 2. The zero-order valence-corrected chi connectivity index (χ0v) is 17.1. The molecule has 0 atom stereocenters. The van der Waals surface area contributed by atoms with Crippen molar-refractivity contribution in [1.82, 2.24) is 29.1 Å². The van der Waals surface area contributed by atoms with Crippen molar-refractivity contribution < 1.29 is 14.3 Å². The Labute approximate surface area is 174 Å². The van der Waals surface area contributed by atoms with Crippen LogP contribution in [0.4, 0.5) is 5.95 Å². The number of aryl methyl sites for hydroxylation is 1. The molecule has 4 rings (SSSR count). The lowest BCUT2D eigenvalue weighted by Crippen LogP contribution is -2.20. The van der Waals surface area contributed by atoms with Gasteiger partial charge in [0.1, 0.15) is 0 Å². The second kappa shape index (κ2) is 7.99. The summed E-state index contributed by atoms with van der Waals surface area (Å²) < 4.78 is 13.3. The number of aromatic nitrogens is 6. The van der Waals surface area contributed by atoms with Crippen molar-refractivity contribution in [2.45, 2.75) is 5.16 Å². The fourth-order valence-electron chi connectivity index (χ4n) is 2.86. The summed E-state index contributed by atoms with van der Waals surface area (Å²) in [7, 11) is 4.54. The van der Waals surface area contributed by atoms with E-state index >= 15 is 0 Å². The molecule has 0 saturated carbocycles. The summed E-state index contributed by atoms with van der Waals surface area (Å²) in [6, 6.07) is 8.68. The maximum Gasteiger partial charge on any atom is 0.262 e. The minimum absolute atomic E-state index is 0.0286. The van der Waals surface area contributed by atoms with E-state index in [4.69, 9.17) is 9.47 Å². The van der Waals surface area contributed by atoms with Crippen molar-refractivity contribution >= 4 is 40.3 Å². The second-order valence-electron chi connectivity index (χ2n) is 6.11. The SMILES string of the molecule is COc1cc(OC)nc(NC(=O)CSc2nnc3n(C)c(=O)c4ccccc4n23)n1. The minimum Gasteiger partial charge on any atom is -0.481 e. The Balaban J connectivity index is 1.59. The molecule has 3 heterocycles. The van der Waals surface area contributed by atoms with Gasteiger partial charge in [0.25, 0.3) is 5.56 Å². The average Bonchev–Trinajstić information content (AvgIpc) is 3.20. The van der Waals surface area contributed by atoms with Crippen molar-refractivity contribution in [2.75, 3.05) is 25.3 Å². The lowest BCUT2D eigenvalue weighted by Gasteiger charge is -2.08. The van der Waals surface area contributed by atoms with Gasteiger partial charge >= 0.3 is 0 Å². The van der Waals surface area contributed by atoms with Crippen molar-refractivity contribution in [2.24, 2.45) is 7.05 Å². The molecule has 1 aromatic carbocycles. The Hall–Kier alpha value is -3.67. The first-order valence-electron chi connectivity index (χ1n) is 8.74. The van der Waals surface area contributed by atoms with Gasteiger partial charge in [0, 0.05) is 7.05 Å². The Morgan fingerprint density at radius 2 is 1.83 bits per heavy atom. The van der Waals surface area contributed by atoms with Gasteiger partial charge in [-0.2, -0.15) is 9.97 Å². The third-order valence-corrected chi connectivity index (χ3v) is 5.21. The number of para-hydroxylation sites is 1. The van der Waals surface area contributed by atoms with Crippen molar-refractivity contribution in [3.8, 4) is 11.8 Å². The molecule has 11 nitrogen and oxygen atoms in total. The van der Waals surface area contributed by atoms with E-state index in [1.165, 1.54) is 36.6 Å². The first kappa shape index (κ1) is 19.6. The first-order chi connectivity index (χ1) is 14.5. The van der Waals surface area contributed by atoms with Gasteiger partial charge in [-0.3, -0.25) is 23.9 Å². The normalized spacial score (nSPS) is 11.0. The molecule has 12 heteroatoms. The van der Waals surface area contributed by atoms with Gasteiger partial charge < -0.3 is 9.47 Å². The number of nitrogens with zero attached hydrogens (tertiary/aromatic N) is 6. The number of amides is 1. The largest absolute Gasteiger partial charge is 0.481 e. The monoisotopic (exact) mass is 427 g/mol. The van der Waals surface area contributed by atoms with Crippen LogP contribution < -0.4 is 20.3 Å². The third-order valence-electron chi connectivity index (χ3n) is 4.28. The quantitative estimate of drug-likeness (QED) is 0.451. The van der Waals surface area contributed by atoms with Gasteiger partial charge in [-0.25, -0.2) is 0 Å². The number of methoxy groups -OCH3 is 2. The maximum absolute atomic E-state index is 12.5. The number of carbonyl (C=O) groups excluding carboxylic acids is 1. The van der Waals surface area contributed by atoms with Gasteiger partial charge in [0.05, 0.1) is 36.9 Å². The molecule has 1 amide bonds. The van der Waals surface area contributed by atoms with E-state index in [1.807, 2.05) is 12.1 Å². The number of carbonyl (C=O) groups is 1. The maximum atomic E-state index is 12.5. The lowest BCUT2D eigenvalue weighted by molar-refractivity contribution is -0.113. The van der Waals surface area contributed by atoms with Crippen LogP contribution in [0.15, 0.2) is 40.3 Å². The summed E-state index contributed by atoms with van der Waals surface area (Å²) in [5.41, 5.74) is 0.508. The molecule has 0 bridgehead atoms. The van der Waals surface area contributed by atoms with Gasteiger partial charge in [0.2, 0.25) is 29.4 Å². The van der Waals surface area contributed by atoms with Crippen LogP contribution in [-0.2, 0) is 11.8 Å². The Bertz CT molecular complexity index is 1300. The number of thioether (sulfide) groups is 1.